The smallest absolute Gasteiger partial charge is 0.311 e. The molecule has 1 aromatic rings. The van der Waals surface area contributed by atoms with Crippen molar-refractivity contribution >= 4 is 5.97 Å². The number of carbonyl (C=O) groups is 1. The van der Waals surface area contributed by atoms with Gasteiger partial charge in [0.15, 0.2) is 0 Å². The van der Waals surface area contributed by atoms with Gasteiger partial charge in [-0.25, -0.2) is 0 Å². The average molecular weight is 194 g/mol. The molecule has 3 heteroatoms. The molecule has 1 atom stereocenters. The maximum atomic E-state index is 11.2. The van der Waals surface area contributed by atoms with E-state index in [0.717, 1.165) is 5.56 Å². The van der Waals surface area contributed by atoms with Gasteiger partial charge in [0.1, 0.15) is 0 Å². The van der Waals surface area contributed by atoms with Crippen LogP contribution in [0.1, 0.15) is 5.56 Å². The predicted molar refractivity (Wildman–Crippen MR) is 52.7 cm³/mol. The van der Waals surface area contributed by atoms with Crippen molar-refractivity contribution in [2.45, 2.75) is 6.42 Å². The summed E-state index contributed by atoms with van der Waals surface area (Å²) in [4.78, 5) is 11.2. The third kappa shape index (κ3) is 2.85. The number of rotatable bonds is 4. The minimum absolute atomic E-state index is 0.179. The summed E-state index contributed by atoms with van der Waals surface area (Å²) in [5.74, 6) is -0.821. The summed E-state index contributed by atoms with van der Waals surface area (Å²) in [6, 6.07) is 9.56. The number of carbonyl (C=O) groups excluding carboxylic acids is 1. The predicted octanol–water partition coefficient (Wildman–Crippen LogP) is 1.01. The van der Waals surface area contributed by atoms with Crippen molar-refractivity contribution in [2.24, 2.45) is 5.92 Å². The zero-order chi connectivity index (χ0) is 10.4. The molecule has 1 aromatic carbocycles. The fourth-order valence-corrected chi connectivity index (χ4v) is 1.29. The van der Waals surface area contributed by atoms with E-state index in [2.05, 4.69) is 4.74 Å². The van der Waals surface area contributed by atoms with Crippen molar-refractivity contribution in [3.05, 3.63) is 35.9 Å². The van der Waals surface area contributed by atoms with E-state index < -0.39 is 5.92 Å². The van der Waals surface area contributed by atoms with Gasteiger partial charge < -0.3 is 9.84 Å². The van der Waals surface area contributed by atoms with Crippen LogP contribution in [0.3, 0.4) is 0 Å². The highest BCUT2D eigenvalue weighted by Gasteiger charge is 2.17. The van der Waals surface area contributed by atoms with Gasteiger partial charge in [0.05, 0.1) is 19.6 Å². The SMILES string of the molecule is COC(=O)C(CO)Cc1ccccc1. The van der Waals surface area contributed by atoms with Gasteiger partial charge in [-0.2, -0.15) is 0 Å². The first-order valence-electron chi connectivity index (χ1n) is 4.50. The Kier molecular flexibility index (Phi) is 4.13. The molecule has 76 valence electrons. The monoisotopic (exact) mass is 194 g/mol. The fourth-order valence-electron chi connectivity index (χ4n) is 1.29. The van der Waals surface area contributed by atoms with Crippen LogP contribution in [-0.2, 0) is 16.0 Å². The average Bonchev–Trinajstić information content (AvgIpc) is 2.26. The number of hydrogen-bond donors (Lipinski definition) is 1. The molecule has 0 saturated carbocycles. The molecular formula is C11H14O3. The van der Waals surface area contributed by atoms with Crippen molar-refractivity contribution in [1.29, 1.82) is 0 Å². The summed E-state index contributed by atoms with van der Waals surface area (Å²) in [6.07, 6.45) is 0.518. The molecule has 1 unspecified atom stereocenters. The molecule has 3 nitrogen and oxygen atoms in total. The minimum Gasteiger partial charge on any atom is -0.469 e. The molecule has 0 amide bonds. The van der Waals surface area contributed by atoms with E-state index in [4.69, 9.17) is 5.11 Å². The Morgan fingerprint density at radius 2 is 2.07 bits per heavy atom. The molecular weight excluding hydrogens is 180 g/mol. The van der Waals surface area contributed by atoms with Crippen LogP contribution < -0.4 is 0 Å². The van der Waals surface area contributed by atoms with Crippen LogP contribution in [0.5, 0.6) is 0 Å². The van der Waals surface area contributed by atoms with Gasteiger partial charge >= 0.3 is 5.97 Å². The topological polar surface area (TPSA) is 46.5 Å². The van der Waals surface area contributed by atoms with E-state index in [-0.39, 0.29) is 12.6 Å². The lowest BCUT2D eigenvalue weighted by Gasteiger charge is -2.11. The second-order valence-electron chi connectivity index (χ2n) is 3.09. The summed E-state index contributed by atoms with van der Waals surface area (Å²) < 4.78 is 4.58. The molecule has 0 bridgehead atoms. The summed E-state index contributed by atoms with van der Waals surface area (Å²) in [5, 5.41) is 8.99. The van der Waals surface area contributed by atoms with E-state index in [1.54, 1.807) is 0 Å². The maximum Gasteiger partial charge on any atom is 0.311 e. The Labute approximate surface area is 83.3 Å². The number of methoxy groups -OCH3 is 1. The van der Waals surface area contributed by atoms with Gasteiger partial charge in [0.25, 0.3) is 0 Å². The quantitative estimate of drug-likeness (QED) is 0.728. The molecule has 0 aliphatic rings. The summed E-state index contributed by atoms with van der Waals surface area (Å²) >= 11 is 0. The first kappa shape index (κ1) is 10.7. The van der Waals surface area contributed by atoms with E-state index >= 15 is 0 Å². The molecule has 0 aromatic heterocycles. The molecule has 1 N–H and O–H groups in total. The van der Waals surface area contributed by atoms with Crippen molar-refractivity contribution in [1.82, 2.24) is 0 Å². The number of hydrogen-bond acceptors (Lipinski definition) is 3. The van der Waals surface area contributed by atoms with Crippen LogP contribution in [0.15, 0.2) is 30.3 Å². The van der Waals surface area contributed by atoms with Crippen LogP contribution >= 0.6 is 0 Å². The molecule has 1 rings (SSSR count). The van der Waals surface area contributed by atoms with Gasteiger partial charge in [-0.15, -0.1) is 0 Å². The Bertz CT molecular complexity index is 282. The van der Waals surface area contributed by atoms with Crippen LogP contribution in [0.4, 0.5) is 0 Å². The van der Waals surface area contributed by atoms with Crippen LogP contribution in [0.25, 0.3) is 0 Å². The highest BCUT2D eigenvalue weighted by Crippen LogP contribution is 2.09. The van der Waals surface area contributed by atoms with Crippen molar-refractivity contribution in [3.8, 4) is 0 Å². The Morgan fingerprint density at radius 1 is 1.43 bits per heavy atom. The molecule has 0 saturated heterocycles. The lowest BCUT2D eigenvalue weighted by atomic mass is 10.0. The molecule has 14 heavy (non-hydrogen) atoms. The van der Waals surface area contributed by atoms with E-state index in [0.29, 0.717) is 6.42 Å². The molecule has 0 heterocycles. The Balaban J connectivity index is 2.62. The standard InChI is InChI=1S/C11H14O3/c1-14-11(13)10(8-12)7-9-5-3-2-4-6-9/h2-6,10,12H,7-8H2,1H3. The zero-order valence-corrected chi connectivity index (χ0v) is 8.14. The molecule has 0 aliphatic carbocycles. The normalized spacial score (nSPS) is 12.1. The number of esters is 1. The third-order valence-corrected chi connectivity index (χ3v) is 2.08. The molecule has 0 aliphatic heterocycles. The number of benzene rings is 1. The second-order valence-corrected chi connectivity index (χ2v) is 3.09. The van der Waals surface area contributed by atoms with Crippen molar-refractivity contribution in [3.63, 3.8) is 0 Å². The van der Waals surface area contributed by atoms with Gasteiger partial charge in [-0.1, -0.05) is 30.3 Å². The number of aliphatic hydroxyl groups excluding tert-OH is 1. The second kappa shape index (κ2) is 5.40. The Hall–Kier alpha value is -1.35. The van der Waals surface area contributed by atoms with Gasteiger partial charge in [-0.3, -0.25) is 4.79 Å². The highest BCUT2D eigenvalue weighted by molar-refractivity contribution is 5.72. The largest absolute Gasteiger partial charge is 0.469 e. The first-order valence-corrected chi connectivity index (χ1v) is 4.50. The summed E-state index contributed by atoms with van der Waals surface area (Å²) in [6.45, 7) is -0.179. The molecule has 0 radical (unpaired) electrons. The van der Waals surface area contributed by atoms with Crippen molar-refractivity contribution < 1.29 is 14.6 Å². The first-order chi connectivity index (χ1) is 6.77. The molecule has 0 fully saturated rings. The maximum absolute atomic E-state index is 11.2. The summed E-state index contributed by atoms with van der Waals surface area (Å²) in [7, 11) is 1.33. The molecule has 0 spiro atoms. The summed E-state index contributed by atoms with van der Waals surface area (Å²) in [5.41, 5.74) is 1.02. The van der Waals surface area contributed by atoms with Crippen LogP contribution in [0, 0.1) is 5.92 Å². The van der Waals surface area contributed by atoms with Crippen LogP contribution in [0.2, 0.25) is 0 Å². The minimum atomic E-state index is -0.456. The van der Waals surface area contributed by atoms with Crippen LogP contribution in [-0.4, -0.2) is 24.8 Å². The third-order valence-electron chi connectivity index (χ3n) is 2.08. The zero-order valence-electron chi connectivity index (χ0n) is 8.14. The fraction of sp³-hybridized carbons (Fsp3) is 0.364. The lowest BCUT2D eigenvalue weighted by Crippen LogP contribution is -2.22. The van der Waals surface area contributed by atoms with Gasteiger partial charge in [0, 0.05) is 0 Å². The lowest BCUT2D eigenvalue weighted by molar-refractivity contribution is -0.146. The number of ether oxygens (including phenoxy) is 1. The Morgan fingerprint density at radius 3 is 2.57 bits per heavy atom. The van der Waals surface area contributed by atoms with E-state index in [1.165, 1.54) is 7.11 Å². The highest BCUT2D eigenvalue weighted by atomic mass is 16.5. The van der Waals surface area contributed by atoms with Gasteiger partial charge in [-0.05, 0) is 12.0 Å². The van der Waals surface area contributed by atoms with Gasteiger partial charge in [0.2, 0.25) is 0 Å². The number of aliphatic hydroxyl groups is 1. The van der Waals surface area contributed by atoms with E-state index in [9.17, 15) is 4.79 Å². The van der Waals surface area contributed by atoms with E-state index in [1.807, 2.05) is 30.3 Å². The van der Waals surface area contributed by atoms with Crippen molar-refractivity contribution in [2.75, 3.05) is 13.7 Å².